The fourth-order valence-corrected chi connectivity index (χ4v) is 4.46. The second-order valence-electron chi connectivity index (χ2n) is 8.08. The van der Waals surface area contributed by atoms with Crippen molar-refractivity contribution in [3.8, 4) is 22.6 Å². The number of benzene rings is 1. The molecule has 0 spiro atoms. The molecule has 158 valence electrons. The number of nitrogens with zero attached hydrogens (tertiary/aromatic N) is 5. The molecule has 3 heterocycles. The fraction of sp³-hybridized carbons (Fsp3) is 0.333. The molecule has 5 rings (SSSR count). The third-order valence-electron chi connectivity index (χ3n) is 6.02. The topological polar surface area (TPSA) is 94.5 Å². The summed E-state index contributed by atoms with van der Waals surface area (Å²) in [5.41, 5.74) is 11.7. The highest BCUT2D eigenvalue weighted by molar-refractivity contribution is 5.91. The predicted molar refractivity (Wildman–Crippen MR) is 123 cm³/mol. The zero-order valence-electron chi connectivity index (χ0n) is 17.8. The van der Waals surface area contributed by atoms with Crippen molar-refractivity contribution in [2.45, 2.75) is 51.7 Å². The van der Waals surface area contributed by atoms with Crippen molar-refractivity contribution in [3.05, 3.63) is 54.4 Å². The van der Waals surface area contributed by atoms with E-state index in [1.807, 2.05) is 12.1 Å². The first-order chi connectivity index (χ1) is 15.2. The Bertz CT molecular complexity index is 1190. The number of imidazole rings is 1. The lowest BCUT2D eigenvalue weighted by atomic mass is 10.1. The molecule has 0 unspecified atom stereocenters. The van der Waals surface area contributed by atoms with E-state index in [0.29, 0.717) is 6.04 Å². The minimum absolute atomic E-state index is 0.257. The number of nitrogens with two attached hydrogens (primary N) is 1. The zero-order chi connectivity index (χ0) is 21.2. The molecule has 0 aliphatic heterocycles. The van der Waals surface area contributed by atoms with Gasteiger partial charge in [-0.25, -0.2) is 9.97 Å². The lowest BCUT2D eigenvalue weighted by molar-refractivity contribution is 0.524. The number of nitrogen functional groups attached to an aromatic ring is 1. The second-order valence-corrected chi connectivity index (χ2v) is 8.08. The molecule has 1 fully saturated rings. The van der Waals surface area contributed by atoms with Crippen molar-refractivity contribution >= 4 is 17.1 Å². The summed E-state index contributed by atoms with van der Waals surface area (Å²) in [7, 11) is 0. The van der Waals surface area contributed by atoms with Gasteiger partial charge in [-0.15, -0.1) is 0 Å². The quantitative estimate of drug-likeness (QED) is 0.492. The third kappa shape index (κ3) is 3.88. The first-order valence-corrected chi connectivity index (χ1v) is 11.0. The molecule has 1 aliphatic carbocycles. The molecule has 1 aliphatic rings. The molecule has 31 heavy (non-hydrogen) atoms. The maximum atomic E-state index is 6.13. The Morgan fingerprint density at radius 1 is 1.03 bits per heavy atom. The molecule has 1 saturated carbocycles. The van der Waals surface area contributed by atoms with Gasteiger partial charge in [-0.2, -0.15) is 4.98 Å². The molecule has 0 bridgehead atoms. The standard InChI is InChI=1S/C24H27N7/c1-2-31-22(17-10-12-26-13-11-17)28-21-20(29-24(25)30-23(21)31)18-7-5-6-16(14-18)15-27-19-8-3-4-9-19/h5-7,10-14,19,27H,2-4,8-9,15H2,1H3,(H2,25,29,30). The average molecular weight is 414 g/mol. The van der Waals surface area contributed by atoms with E-state index in [-0.39, 0.29) is 5.95 Å². The number of aryl methyl sites for hydroxylation is 1. The van der Waals surface area contributed by atoms with Gasteiger partial charge in [0.2, 0.25) is 5.95 Å². The molecule has 7 nitrogen and oxygen atoms in total. The van der Waals surface area contributed by atoms with Crippen LogP contribution in [-0.2, 0) is 13.1 Å². The van der Waals surface area contributed by atoms with Crippen molar-refractivity contribution in [2.75, 3.05) is 5.73 Å². The van der Waals surface area contributed by atoms with E-state index in [2.05, 4.69) is 56.0 Å². The van der Waals surface area contributed by atoms with Crippen LogP contribution in [-0.4, -0.2) is 30.5 Å². The van der Waals surface area contributed by atoms with Crippen molar-refractivity contribution in [1.29, 1.82) is 0 Å². The van der Waals surface area contributed by atoms with Gasteiger partial charge in [0.15, 0.2) is 5.65 Å². The fourth-order valence-electron chi connectivity index (χ4n) is 4.46. The Hall–Kier alpha value is -3.32. The maximum Gasteiger partial charge on any atom is 0.222 e. The van der Waals surface area contributed by atoms with E-state index in [1.165, 1.54) is 31.2 Å². The van der Waals surface area contributed by atoms with Gasteiger partial charge in [-0.1, -0.05) is 31.0 Å². The van der Waals surface area contributed by atoms with Gasteiger partial charge in [-0.05, 0) is 43.5 Å². The molecule has 4 aromatic rings. The summed E-state index contributed by atoms with van der Waals surface area (Å²) in [4.78, 5) is 18.2. The number of aromatic nitrogens is 5. The van der Waals surface area contributed by atoms with E-state index in [4.69, 9.17) is 10.7 Å². The minimum Gasteiger partial charge on any atom is -0.368 e. The van der Waals surface area contributed by atoms with Crippen LogP contribution in [0.3, 0.4) is 0 Å². The van der Waals surface area contributed by atoms with Crippen molar-refractivity contribution in [3.63, 3.8) is 0 Å². The number of nitrogens with one attached hydrogen (secondary N) is 1. The molecule has 0 amide bonds. The van der Waals surface area contributed by atoms with E-state index in [0.717, 1.165) is 46.9 Å². The smallest absolute Gasteiger partial charge is 0.222 e. The molecule has 3 aromatic heterocycles. The van der Waals surface area contributed by atoms with E-state index in [9.17, 15) is 0 Å². The first kappa shape index (κ1) is 19.6. The Labute approximate surface area is 181 Å². The summed E-state index contributed by atoms with van der Waals surface area (Å²) >= 11 is 0. The average Bonchev–Trinajstić information content (AvgIpc) is 3.45. The van der Waals surface area contributed by atoms with E-state index in [1.54, 1.807) is 12.4 Å². The van der Waals surface area contributed by atoms with Crippen LogP contribution in [0.1, 0.15) is 38.2 Å². The highest BCUT2D eigenvalue weighted by atomic mass is 15.2. The van der Waals surface area contributed by atoms with Crippen LogP contribution in [0.4, 0.5) is 5.95 Å². The number of pyridine rings is 1. The number of hydrogen-bond acceptors (Lipinski definition) is 6. The van der Waals surface area contributed by atoms with E-state index < -0.39 is 0 Å². The monoisotopic (exact) mass is 413 g/mol. The molecule has 1 aromatic carbocycles. The lowest BCUT2D eigenvalue weighted by Crippen LogP contribution is -2.25. The van der Waals surface area contributed by atoms with Gasteiger partial charge < -0.3 is 15.6 Å². The Kier molecular flexibility index (Phi) is 5.34. The summed E-state index contributed by atoms with van der Waals surface area (Å²) in [6.07, 6.45) is 8.75. The van der Waals surface area contributed by atoms with Crippen LogP contribution < -0.4 is 11.1 Å². The van der Waals surface area contributed by atoms with Gasteiger partial charge >= 0.3 is 0 Å². The van der Waals surface area contributed by atoms with Crippen LogP contribution >= 0.6 is 0 Å². The van der Waals surface area contributed by atoms with Gasteiger partial charge in [0.05, 0.1) is 0 Å². The normalized spacial score (nSPS) is 14.5. The zero-order valence-corrected chi connectivity index (χ0v) is 17.8. The third-order valence-corrected chi connectivity index (χ3v) is 6.02. The van der Waals surface area contributed by atoms with Crippen molar-refractivity contribution < 1.29 is 0 Å². The molecular formula is C24H27N7. The number of anilines is 1. The van der Waals surface area contributed by atoms with Crippen LogP contribution in [0, 0.1) is 0 Å². The Morgan fingerprint density at radius 3 is 2.61 bits per heavy atom. The van der Waals surface area contributed by atoms with Gasteiger partial charge in [-0.3, -0.25) is 4.98 Å². The largest absolute Gasteiger partial charge is 0.368 e. The SMILES string of the molecule is CCn1c(-c2ccncc2)nc2c(-c3cccc(CNC4CCCC4)c3)nc(N)nc21. The summed E-state index contributed by atoms with van der Waals surface area (Å²) in [6.45, 7) is 3.67. The highest BCUT2D eigenvalue weighted by Gasteiger charge is 2.19. The molecule has 0 saturated heterocycles. The second kappa shape index (κ2) is 8.43. The number of rotatable bonds is 6. The molecule has 0 atom stereocenters. The lowest BCUT2D eigenvalue weighted by Gasteiger charge is -2.12. The van der Waals surface area contributed by atoms with Crippen LogP contribution in [0.2, 0.25) is 0 Å². The van der Waals surface area contributed by atoms with Crippen molar-refractivity contribution in [2.24, 2.45) is 0 Å². The summed E-state index contributed by atoms with van der Waals surface area (Å²) in [6, 6.07) is 13.0. The molecule has 3 N–H and O–H groups in total. The van der Waals surface area contributed by atoms with Gasteiger partial charge in [0, 0.05) is 42.7 Å². The van der Waals surface area contributed by atoms with Crippen LogP contribution in [0.15, 0.2) is 48.8 Å². The summed E-state index contributed by atoms with van der Waals surface area (Å²) < 4.78 is 2.08. The Morgan fingerprint density at radius 2 is 1.84 bits per heavy atom. The first-order valence-electron chi connectivity index (χ1n) is 11.0. The molecule has 7 heteroatoms. The van der Waals surface area contributed by atoms with Crippen LogP contribution in [0.25, 0.3) is 33.8 Å². The van der Waals surface area contributed by atoms with Gasteiger partial charge in [0.1, 0.15) is 17.0 Å². The predicted octanol–water partition coefficient (Wildman–Crippen LogP) is 4.19. The number of hydrogen-bond donors (Lipinski definition) is 2. The Balaban J connectivity index is 1.57. The molecular weight excluding hydrogens is 386 g/mol. The van der Waals surface area contributed by atoms with Crippen LogP contribution in [0.5, 0.6) is 0 Å². The minimum atomic E-state index is 0.257. The van der Waals surface area contributed by atoms with Crippen molar-refractivity contribution in [1.82, 2.24) is 29.8 Å². The highest BCUT2D eigenvalue weighted by Crippen LogP contribution is 2.31. The van der Waals surface area contributed by atoms with E-state index >= 15 is 0 Å². The maximum absolute atomic E-state index is 6.13. The van der Waals surface area contributed by atoms with Gasteiger partial charge in [0.25, 0.3) is 0 Å². The molecule has 0 radical (unpaired) electrons. The number of fused-ring (bicyclic) bond motifs is 1. The summed E-state index contributed by atoms with van der Waals surface area (Å²) in [5, 5.41) is 3.69. The summed E-state index contributed by atoms with van der Waals surface area (Å²) in [5.74, 6) is 1.10.